The molecule has 4 aromatic carbocycles. The van der Waals surface area contributed by atoms with Gasteiger partial charge in [0.25, 0.3) is 5.91 Å². The third-order valence-corrected chi connectivity index (χ3v) is 8.22. The van der Waals surface area contributed by atoms with Gasteiger partial charge in [-0.1, -0.05) is 30.3 Å². The number of likely N-dealkylation sites (N-methyl/N-ethyl adjacent to an activating group) is 2. The largest absolute Gasteiger partial charge is 0.495 e. The normalized spacial score (nSPS) is 15.5. The molecule has 8 nitrogen and oxygen atoms in total. The van der Waals surface area contributed by atoms with Crippen molar-refractivity contribution in [2.75, 3.05) is 50.2 Å². The van der Waals surface area contributed by atoms with Crippen LogP contribution in [0.2, 0.25) is 0 Å². The van der Waals surface area contributed by atoms with Crippen LogP contribution in [0.3, 0.4) is 0 Å². The Balaban J connectivity index is 1.46. The van der Waals surface area contributed by atoms with Gasteiger partial charge in [0.1, 0.15) is 5.75 Å². The number of rotatable bonds is 6. The summed E-state index contributed by atoms with van der Waals surface area (Å²) in [5.74, 6) is -0.111. The molecule has 6 rings (SSSR count). The van der Waals surface area contributed by atoms with Crippen molar-refractivity contribution >= 4 is 44.9 Å². The van der Waals surface area contributed by atoms with Crippen molar-refractivity contribution in [1.29, 1.82) is 0 Å². The first-order valence-corrected chi connectivity index (χ1v) is 14.1. The molecule has 1 amide bonds. The van der Waals surface area contributed by atoms with Crippen molar-refractivity contribution in [3.8, 4) is 16.9 Å². The number of alkyl halides is 3. The first-order chi connectivity index (χ1) is 21.0. The fourth-order valence-electron chi connectivity index (χ4n) is 5.93. The van der Waals surface area contributed by atoms with Gasteiger partial charge < -0.3 is 25.6 Å². The Hall–Kier alpha value is -4.90. The maximum atomic E-state index is 14.0. The second-order valence-electron chi connectivity index (χ2n) is 11.1. The molecule has 0 aliphatic carbocycles. The highest BCUT2D eigenvalue weighted by molar-refractivity contribution is 6.14. The topological polar surface area (TPSA) is 96.6 Å². The van der Waals surface area contributed by atoms with Crippen molar-refractivity contribution in [1.82, 2.24) is 14.9 Å². The zero-order chi connectivity index (χ0) is 31.2. The number of benzene rings is 4. The van der Waals surface area contributed by atoms with E-state index in [1.807, 2.05) is 61.5 Å². The van der Waals surface area contributed by atoms with Gasteiger partial charge in [-0.3, -0.25) is 4.79 Å². The Morgan fingerprint density at radius 3 is 2.57 bits per heavy atom. The molecule has 3 N–H and O–H groups in total. The Morgan fingerprint density at radius 2 is 1.86 bits per heavy atom. The first-order valence-electron chi connectivity index (χ1n) is 14.1. The summed E-state index contributed by atoms with van der Waals surface area (Å²) in [4.78, 5) is 26.5. The van der Waals surface area contributed by atoms with Gasteiger partial charge in [-0.2, -0.15) is 13.2 Å². The van der Waals surface area contributed by atoms with Crippen molar-refractivity contribution < 1.29 is 22.7 Å². The molecule has 0 unspecified atom stereocenters. The van der Waals surface area contributed by atoms with E-state index in [4.69, 9.17) is 10.5 Å². The fraction of sp³-hybridized carbons (Fsp3) is 0.242. The number of nitrogens with zero attached hydrogens (tertiary/aromatic N) is 4. The van der Waals surface area contributed by atoms with Crippen LogP contribution in [-0.4, -0.2) is 61.1 Å². The quantitative estimate of drug-likeness (QED) is 0.231. The van der Waals surface area contributed by atoms with Gasteiger partial charge in [-0.25, -0.2) is 9.97 Å². The highest BCUT2D eigenvalue weighted by Crippen LogP contribution is 2.40. The van der Waals surface area contributed by atoms with Crippen LogP contribution in [0.25, 0.3) is 32.8 Å². The lowest BCUT2D eigenvalue weighted by atomic mass is 9.93. The average molecular weight is 601 g/mol. The van der Waals surface area contributed by atoms with Crippen LogP contribution in [-0.2, 0) is 6.18 Å². The SMILES string of the molecule is COc1c(C(=O)Nc2cc(C(F)(F)F)ccc2N(C)[C@@H]2CCN(C)C2)cc(-c2ccc3nc(N)ncc3c2)c2ccccc12. The lowest BCUT2D eigenvalue weighted by molar-refractivity contribution is -0.137. The van der Waals surface area contributed by atoms with Crippen molar-refractivity contribution in [3.63, 3.8) is 0 Å². The van der Waals surface area contributed by atoms with Gasteiger partial charge >= 0.3 is 6.18 Å². The van der Waals surface area contributed by atoms with Crippen LogP contribution >= 0.6 is 0 Å². The number of carbonyl (C=O) groups is 1. The molecule has 0 saturated carbocycles. The maximum absolute atomic E-state index is 14.0. The van der Waals surface area contributed by atoms with Gasteiger partial charge in [0, 0.05) is 36.6 Å². The van der Waals surface area contributed by atoms with E-state index < -0.39 is 17.6 Å². The summed E-state index contributed by atoms with van der Waals surface area (Å²) >= 11 is 0. The van der Waals surface area contributed by atoms with Gasteiger partial charge in [0.2, 0.25) is 5.95 Å². The van der Waals surface area contributed by atoms with Crippen LogP contribution in [0.4, 0.5) is 30.5 Å². The Labute approximate surface area is 252 Å². The van der Waals surface area contributed by atoms with Crippen LogP contribution < -0.4 is 20.7 Å². The second kappa shape index (κ2) is 11.3. The summed E-state index contributed by atoms with van der Waals surface area (Å²) in [6.07, 6.45) is -2.09. The fourth-order valence-corrected chi connectivity index (χ4v) is 5.93. The van der Waals surface area contributed by atoms with E-state index in [-0.39, 0.29) is 23.2 Å². The number of nitrogens with two attached hydrogens (primary N) is 1. The second-order valence-corrected chi connectivity index (χ2v) is 11.1. The number of hydrogen-bond acceptors (Lipinski definition) is 7. The number of ether oxygens (including phenoxy) is 1. The molecule has 1 aliphatic rings. The number of nitrogen functional groups attached to an aromatic ring is 1. The molecule has 0 radical (unpaired) electrons. The average Bonchev–Trinajstić information content (AvgIpc) is 3.45. The van der Waals surface area contributed by atoms with Crippen LogP contribution in [0, 0.1) is 0 Å². The zero-order valence-corrected chi connectivity index (χ0v) is 24.4. The smallest absolute Gasteiger partial charge is 0.416 e. The number of likely N-dealkylation sites (tertiary alicyclic amines) is 1. The number of hydrogen-bond donors (Lipinski definition) is 2. The summed E-state index contributed by atoms with van der Waals surface area (Å²) in [5.41, 5.74) is 7.86. The summed E-state index contributed by atoms with van der Waals surface area (Å²) in [6.45, 7) is 1.64. The monoisotopic (exact) mass is 600 g/mol. The molecule has 0 spiro atoms. The van der Waals surface area contributed by atoms with Crippen LogP contribution in [0.15, 0.2) is 72.9 Å². The lowest BCUT2D eigenvalue weighted by Gasteiger charge is -2.29. The van der Waals surface area contributed by atoms with E-state index in [1.165, 1.54) is 13.2 Å². The Kier molecular flexibility index (Phi) is 7.50. The van der Waals surface area contributed by atoms with Gasteiger partial charge in [-0.15, -0.1) is 0 Å². The summed E-state index contributed by atoms with van der Waals surface area (Å²) in [6, 6.07) is 18.4. The maximum Gasteiger partial charge on any atom is 0.416 e. The summed E-state index contributed by atoms with van der Waals surface area (Å²) in [5, 5.41) is 5.08. The van der Waals surface area contributed by atoms with E-state index in [0.29, 0.717) is 22.3 Å². The number of amides is 1. The van der Waals surface area contributed by atoms with E-state index in [9.17, 15) is 18.0 Å². The highest BCUT2D eigenvalue weighted by atomic mass is 19.4. The van der Waals surface area contributed by atoms with Crippen LogP contribution in [0.5, 0.6) is 5.75 Å². The molecule has 5 aromatic rings. The molecular weight excluding hydrogens is 569 g/mol. The first kappa shape index (κ1) is 29.2. The third kappa shape index (κ3) is 5.46. The molecule has 226 valence electrons. The highest BCUT2D eigenvalue weighted by Gasteiger charge is 2.33. The Morgan fingerprint density at radius 1 is 1.09 bits per heavy atom. The molecule has 0 bridgehead atoms. The van der Waals surface area contributed by atoms with Crippen LogP contribution in [0.1, 0.15) is 22.3 Å². The molecule has 2 heterocycles. The molecule has 1 aromatic heterocycles. The molecule has 11 heteroatoms. The van der Waals surface area contributed by atoms with E-state index in [2.05, 4.69) is 20.2 Å². The van der Waals surface area contributed by atoms with Crippen molar-refractivity contribution in [2.24, 2.45) is 0 Å². The lowest BCUT2D eigenvalue weighted by Crippen LogP contribution is -2.34. The molecule has 1 saturated heterocycles. The summed E-state index contributed by atoms with van der Waals surface area (Å²) in [7, 11) is 5.31. The number of halogens is 3. The predicted octanol–water partition coefficient (Wildman–Crippen LogP) is 6.45. The van der Waals surface area contributed by atoms with E-state index in [0.717, 1.165) is 53.5 Å². The minimum absolute atomic E-state index is 0.0686. The van der Waals surface area contributed by atoms with E-state index in [1.54, 1.807) is 12.3 Å². The van der Waals surface area contributed by atoms with E-state index >= 15 is 0 Å². The summed E-state index contributed by atoms with van der Waals surface area (Å²) < 4.78 is 47.2. The third-order valence-electron chi connectivity index (χ3n) is 8.22. The molecule has 1 atom stereocenters. The number of methoxy groups -OCH3 is 1. The molecule has 1 fully saturated rings. The van der Waals surface area contributed by atoms with Gasteiger partial charge in [-0.05, 0) is 72.9 Å². The van der Waals surface area contributed by atoms with Crippen molar-refractivity contribution in [3.05, 3.63) is 84.1 Å². The zero-order valence-electron chi connectivity index (χ0n) is 24.4. The Bertz CT molecular complexity index is 1890. The molecule has 44 heavy (non-hydrogen) atoms. The van der Waals surface area contributed by atoms with Crippen molar-refractivity contribution in [2.45, 2.75) is 18.6 Å². The number of fused-ring (bicyclic) bond motifs is 2. The molecular formula is C33H31F3N6O2. The number of aromatic nitrogens is 2. The minimum atomic E-state index is -4.58. The standard InChI is InChI=1S/C33H31F3N6O2/c1-41-13-12-22(18-41)42(2)29-11-9-21(33(34,35)36)15-28(29)39-31(43)26-16-25(23-6-4-5-7-24(23)30(26)44-3)19-8-10-27-20(14-19)17-38-32(37)40-27/h4-11,14-17,22H,12-13,18H2,1-3H3,(H,39,43)(H2,37,38,40)/t22-/m1/s1. The minimum Gasteiger partial charge on any atom is -0.495 e. The van der Waals surface area contributed by atoms with Gasteiger partial charge in [0.15, 0.2) is 0 Å². The van der Waals surface area contributed by atoms with Gasteiger partial charge in [0.05, 0.1) is 35.1 Å². The number of carbonyl (C=O) groups excluding carboxylic acids is 1. The number of anilines is 3. The molecule has 1 aliphatic heterocycles. The predicted molar refractivity (Wildman–Crippen MR) is 167 cm³/mol. The number of nitrogens with one attached hydrogen (secondary N) is 1.